The van der Waals surface area contributed by atoms with E-state index in [2.05, 4.69) is 15.0 Å². The van der Waals surface area contributed by atoms with Gasteiger partial charge in [-0.15, -0.1) is 13.2 Å². The summed E-state index contributed by atoms with van der Waals surface area (Å²) in [6, 6.07) is 8.71. The zero-order chi connectivity index (χ0) is 25.0. The van der Waals surface area contributed by atoms with Gasteiger partial charge in [-0.3, -0.25) is 0 Å². The Bertz CT molecular complexity index is 961. The van der Waals surface area contributed by atoms with Crippen LogP contribution in [0.4, 0.5) is 13.2 Å². The number of benzene rings is 1. The molecule has 9 nitrogen and oxygen atoms in total. The Hall–Kier alpha value is -3.80. The fourth-order valence-corrected chi connectivity index (χ4v) is 2.83. The zero-order valence-corrected chi connectivity index (χ0v) is 17.8. The van der Waals surface area contributed by atoms with E-state index < -0.39 is 18.3 Å². The van der Waals surface area contributed by atoms with Crippen LogP contribution in [0.3, 0.4) is 0 Å². The molecule has 1 aromatic heterocycles. The fourth-order valence-electron chi connectivity index (χ4n) is 2.83. The maximum absolute atomic E-state index is 12.3. The largest absolute Gasteiger partial charge is 0.573 e. The molecule has 0 bridgehead atoms. The molecule has 0 radical (unpaired) electrons. The van der Waals surface area contributed by atoms with Crippen molar-refractivity contribution in [3.8, 4) is 23.1 Å². The Kier molecular flexibility index (Phi) is 10.1. The minimum atomic E-state index is -4.76. The predicted octanol–water partition coefficient (Wildman–Crippen LogP) is 3.86. The molecule has 0 amide bonds. The van der Waals surface area contributed by atoms with Crippen LogP contribution in [-0.2, 0) is 9.59 Å². The first kappa shape index (κ1) is 26.5. The van der Waals surface area contributed by atoms with Crippen LogP contribution < -0.4 is 19.5 Å². The predicted molar refractivity (Wildman–Crippen MR) is 113 cm³/mol. The molecule has 2 aromatic rings. The smallest absolute Gasteiger partial charge is 0.488 e. The van der Waals surface area contributed by atoms with Gasteiger partial charge in [0, 0.05) is 36.9 Å². The third-order valence-corrected chi connectivity index (χ3v) is 4.23. The van der Waals surface area contributed by atoms with Crippen molar-refractivity contribution in [1.29, 1.82) is 0 Å². The maximum atomic E-state index is 12.3. The number of nitrogens with one attached hydrogen (secondary N) is 1. The lowest BCUT2D eigenvalue weighted by Gasteiger charge is -2.23. The van der Waals surface area contributed by atoms with E-state index in [0.717, 1.165) is 32.0 Å². The molecule has 0 saturated carbocycles. The van der Waals surface area contributed by atoms with E-state index in [0.29, 0.717) is 30.4 Å². The molecule has 184 valence electrons. The van der Waals surface area contributed by atoms with Crippen molar-refractivity contribution < 1.29 is 47.2 Å². The molecule has 1 fully saturated rings. The molecule has 2 heterocycles. The summed E-state index contributed by atoms with van der Waals surface area (Å²) in [6.45, 7) is 2.44. The van der Waals surface area contributed by atoms with Crippen molar-refractivity contribution >= 4 is 11.9 Å². The number of carboxylic acid groups (broad SMARTS) is 2. The average molecular weight is 484 g/mol. The quantitative estimate of drug-likeness (QED) is 0.479. The average Bonchev–Trinajstić information content (AvgIpc) is 2.77. The molecule has 1 aromatic carbocycles. The van der Waals surface area contributed by atoms with Crippen LogP contribution in [0.2, 0.25) is 0 Å². The normalized spacial score (nSPS) is 15.7. The number of halogens is 3. The molecule has 34 heavy (non-hydrogen) atoms. The van der Waals surface area contributed by atoms with Crippen LogP contribution in [0.25, 0.3) is 0 Å². The first-order chi connectivity index (χ1) is 16.1. The first-order valence-corrected chi connectivity index (χ1v) is 10.1. The first-order valence-electron chi connectivity index (χ1n) is 10.1. The third-order valence-electron chi connectivity index (χ3n) is 4.23. The van der Waals surface area contributed by atoms with Gasteiger partial charge in [0.15, 0.2) is 5.75 Å². The second-order valence-corrected chi connectivity index (χ2v) is 6.96. The number of carboxylic acids is 2. The highest BCUT2D eigenvalue weighted by Gasteiger charge is 2.31. The Morgan fingerprint density at radius 1 is 1.12 bits per heavy atom. The van der Waals surface area contributed by atoms with Crippen molar-refractivity contribution in [2.45, 2.75) is 19.2 Å². The molecule has 12 heteroatoms. The van der Waals surface area contributed by atoms with E-state index in [4.69, 9.17) is 19.7 Å². The van der Waals surface area contributed by atoms with E-state index >= 15 is 0 Å². The topological polar surface area (TPSA) is 127 Å². The summed E-state index contributed by atoms with van der Waals surface area (Å²) in [4.78, 5) is 23.2. The lowest BCUT2D eigenvalue weighted by Crippen LogP contribution is -2.33. The lowest BCUT2D eigenvalue weighted by atomic mass is 10.0. The zero-order valence-electron chi connectivity index (χ0n) is 17.8. The number of hydrogen-bond donors (Lipinski definition) is 3. The number of ether oxygens (including phenoxy) is 3. The summed E-state index contributed by atoms with van der Waals surface area (Å²) < 4.78 is 52.3. The van der Waals surface area contributed by atoms with Gasteiger partial charge in [0.2, 0.25) is 0 Å². The Balaban J connectivity index is 0.000000440. The molecular formula is C22H23F3N2O7. The summed E-state index contributed by atoms with van der Waals surface area (Å²) in [5, 5.41) is 18.9. The summed E-state index contributed by atoms with van der Waals surface area (Å²) >= 11 is 0. The number of piperidine rings is 1. The standard InChI is InChI=1S/C18H19F3N2O3.C4H4O4/c19-18(20,21)26-15-6-1-5-14(10-15)25-17-16(7-3-9-23-17)24-12-13-4-2-8-22-11-13;5-3(6)1-2-4(7)8/h1,3,5-7,9-10,13,22H,2,4,8,11-12H2;1-2H,(H,5,6)(H,7,8)/b;2-1+/t13-;/m0./s1. The summed E-state index contributed by atoms with van der Waals surface area (Å²) in [6.07, 6.45) is 0.0771. The Morgan fingerprint density at radius 2 is 1.82 bits per heavy atom. The number of aromatic nitrogens is 1. The van der Waals surface area contributed by atoms with Crippen LogP contribution in [-0.4, -0.2) is 53.2 Å². The van der Waals surface area contributed by atoms with Crippen LogP contribution in [0.5, 0.6) is 23.1 Å². The molecule has 1 aliphatic rings. The summed E-state index contributed by atoms with van der Waals surface area (Å²) in [5.74, 6) is -1.66. The monoisotopic (exact) mass is 484 g/mol. The van der Waals surface area contributed by atoms with Crippen molar-refractivity contribution in [2.75, 3.05) is 19.7 Å². The second kappa shape index (κ2) is 13.0. The van der Waals surface area contributed by atoms with Crippen LogP contribution >= 0.6 is 0 Å². The molecule has 1 saturated heterocycles. The van der Waals surface area contributed by atoms with Gasteiger partial charge in [0.25, 0.3) is 5.88 Å². The molecule has 3 N–H and O–H groups in total. The van der Waals surface area contributed by atoms with Crippen molar-refractivity contribution in [3.63, 3.8) is 0 Å². The van der Waals surface area contributed by atoms with Crippen LogP contribution in [0.1, 0.15) is 12.8 Å². The van der Waals surface area contributed by atoms with Gasteiger partial charge in [-0.1, -0.05) is 6.07 Å². The minimum Gasteiger partial charge on any atom is -0.488 e. The Labute approximate surface area is 192 Å². The molecule has 0 spiro atoms. The van der Waals surface area contributed by atoms with Crippen LogP contribution in [0.15, 0.2) is 54.7 Å². The highest BCUT2D eigenvalue weighted by molar-refractivity contribution is 5.89. The van der Waals surface area contributed by atoms with E-state index in [9.17, 15) is 22.8 Å². The number of aliphatic carboxylic acids is 2. The second-order valence-electron chi connectivity index (χ2n) is 6.96. The number of nitrogens with zero attached hydrogens (tertiary/aromatic N) is 1. The van der Waals surface area contributed by atoms with E-state index in [1.807, 2.05) is 0 Å². The molecular weight excluding hydrogens is 461 g/mol. The van der Waals surface area contributed by atoms with Gasteiger partial charge in [-0.25, -0.2) is 14.6 Å². The highest BCUT2D eigenvalue weighted by Crippen LogP contribution is 2.32. The number of rotatable bonds is 8. The molecule has 0 unspecified atom stereocenters. The molecule has 1 atom stereocenters. The van der Waals surface area contributed by atoms with Gasteiger partial charge in [0.05, 0.1) is 6.61 Å². The highest BCUT2D eigenvalue weighted by atomic mass is 19.4. The SMILES string of the molecule is FC(F)(F)Oc1cccc(Oc2ncccc2OC[C@H]2CCCNC2)c1.O=C(O)/C=C/C(=O)O. The minimum absolute atomic E-state index is 0.176. The number of carbonyl (C=O) groups is 2. The Morgan fingerprint density at radius 3 is 2.44 bits per heavy atom. The van der Waals surface area contributed by atoms with Gasteiger partial charge in [-0.05, 0) is 43.7 Å². The maximum Gasteiger partial charge on any atom is 0.573 e. The summed E-state index contributed by atoms with van der Waals surface area (Å²) in [7, 11) is 0. The molecule has 0 aliphatic carbocycles. The van der Waals surface area contributed by atoms with Crippen LogP contribution in [0, 0.1) is 5.92 Å². The van der Waals surface area contributed by atoms with Crippen molar-refractivity contribution in [1.82, 2.24) is 10.3 Å². The number of hydrogen-bond acceptors (Lipinski definition) is 7. The summed E-state index contributed by atoms with van der Waals surface area (Å²) in [5.41, 5.74) is 0. The fraction of sp³-hybridized carbons (Fsp3) is 0.318. The number of alkyl halides is 3. The van der Waals surface area contributed by atoms with Gasteiger partial charge in [0.1, 0.15) is 11.5 Å². The molecule has 1 aliphatic heterocycles. The van der Waals surface area contributed by atoms with Crippen molar-refractivity contribution in [3.05, 3.63) is 54.7 Å². The molecule has 3 rings (SSSR count). The van der Waals surface area contributed by atoms with E-state index in [1.54, 1.807) is 12.1 Å². The third kappa shape index (κ3) is 10.7. The van der Waals surface area contributed by atoms with Gasteiger partial charge < -0.3 is 29.7 Å². The number of pyridine rings is 1. The van der Waals surface area contributed by atoms with Gasteiger partial charge >= 0.3 is 18.3 Å². The van der Waals surface area contributed by atoms with E-state index in [1.165, 1.54) is 24.4 Å². The van der Waals surface area contributed by atoms with Gasteiger partial charge in [-0.2, -0.15) is 0 Å². The van der Waals surface area contributed by atoms with Crippen molar-refractivity contribution in [2.24, 2.45) is 5.92 Å². The lowest BCUT2D eigenvalue weighted by molar-refractivity contribution is -0.274. The van der Waals surface area contributed by atoms with E-state index in [-0.39, 0.29) is 17.4 Å².